The lowest BCUT2D eigenvalue weighted by Gasteiger charge is -2.46. The number of hydrogen-bond acceptors (Lipinski definition) is 4. The second-order valence-corrected chi connectivity index (χ2v) is 7.14. The molecule has 0 bridgehead atoms. The molecular formula is C18H29N3O. The molecule has 4 heteroatoms. The minimum absolute atomic E-state index is 0.0245. The number of fused-ring (bicyclic) bond motifs is 1. The van der Waals surface area contributed by atoms with Gasteiger partial charge in [-0.2, -0.15) is 0 Å². The Morgan fingerprint density at radius 3 is 2.73 bits per heavy atom. The highest BCUT2D eigenvalue weighted by Gasteiger charge is 2.42. The standard InChI is InChI=1S/C18H29N3O/c1-20(2)13-10-19-16-14-18(8-11-21(3)12-9-18)22-17-7-5-4-6-15(16)17/h4-7,16,19H,8-14H2,1-3H3. The number of nitrogens with zero attached hydrogens (tertiary/aromatic N) is 2. The molecule has 3 rings (SSSR count). The molecule has 1 aromatic rings. The molecule has 4 nitrogen and oxygen atoms in total. The summed E-state index contributed by atoms with van der Waals surface area (Å²) in [6, 6.07) is 8.96. The Balaban J connectivity index is 1.76. The van der Waals surface area contributed by atoms with Gasteiger partial charge in [-0.25, -0.2) is 0 Å². The second kappa shape index (κ2) is 6.57. The Morgan fingerprint density at radius 2 is 2.00 bits per heavy atom. The molecule has 0 saturated carbocycles. The molecule has 0 amide bonds. The number of hydrogen-bond donors (Lipinski definition) is 1. The Kier molecular flexibility index (Phi) is 4.71. The zero-order chi connectivity index (χ0) is 15.6. The van der Waals surface area contributed by atoms with Crippen LogP contribution in [0, 0.1) is 0 Å². The molecule has 0 aromatic heterocycles. The highest BCUT2D eigenvalue weighted by atomic mass is 16.5. The van der Waals surface area contributed by atoms with Crippen molar-refractivity contribution in [2.45, 2.75) is 30.9 Å². The van der Waals surface area contributed by atoms with E-state index in [1.807, 2.05) is 0 Å². The molecule has 0 aliphatic carbocycles. The van der Waals surface area contributed by atoms with Crippen molar-refractivity contribution in [2.75, 3.05) is 47.3 Å². The van der Waals surface area contributed by atoms with Crippen LogP contribution in [-0.2, 0) is 0 Å². The molecule has 2 aliphatic heterocycles. The maximum absolute atomic E-state index is 6.49. The summed E-state index contributed by atoms with van der Waals surface area (Å²) in [6.45, 7) is 4.34. The molecule has 1 saturated heterocycles. The van der Waals surface area contributed by atoms with Crippen LogP contribution in [0.4, 0.5) is 0 Å². The zero-order valence-corrected chi connectivity index (χ0v) is 14.1. The number of ether oxygens (including phenoxy) is 1. The van der Waals surface area contributed by atoms with Crippen molar-refractivity contribution in [3.05, 3.63) is 29.8 Å². The third-order valence-electron chi connectivity index (χ3n) is 5.05. The third kappa shape index (κ3) is 3.45. The molecule has 1 spiro atoms. The fourth-order valence-electron chi connectivity index (χ4n) is 3.59. The molecule has 1 fully saturated rings. The predicted molar refractivity (Wildman–Crippen MR) is 90.4 cm³/mol. The van der Waals surface area contributed by atoms with E-state index in [9.17, 15) is 0 Å². The van der Waals surface area contributed by atoms with E-state index in [0.717, 1.165) is 51.2 Å². The van der Waals surface area contributed by atoms with E-state index in [0.29, 0.717) is 6.04 Å². The van der Waals surface area contributed by atoms with Crippen molar-refractivity contribution < 1.29 is 4.74 Å². The summed E-state index contributed by atoms with van der Waals surface area (Å²) < 4.78 is 6.49. The largest absolute Gasteiger partial charge is 0.487 e. The van der Waals surface area contributed by atoms with Crippen molar-refractivity contribution in [2.24, 2.45) is 0 Å². The van der Waals surface area contributed by atoms with Crippen LogP contribution >= 0.6 is 0 Å². The normalized spacial score (nSPS) is 24.3. The van der Waals surface area contributed by atoms with Gasteiger partial charge >= 0.3 is 0 Å². The van der Waals surface area contributed by atoms with E-state index < -0.39 is 0 Å². The quantitative estimate of drug-likeness (QED) is 0.922. The molecule has 1 N–H and O–H groups in total. The summed E-state index contributed by atoms with van der Waals surface area (Å²) in [4.78, 5) is 4.63. The van der Waals surface area contributed by atoms with Crippen molar-refractivity contribution in [3.8, 4) is 5.75 Å². The molecular weight excluding hydrogens is 274 g/mol. The lowest BCUT2D eigenvalue weighted by atomic mass is 9.80. The van der Waals surface area contributed by atoms with Crippen LogP contribution < -0.4 is 10.1 Å². The molecule has 2 aliphatic rings. The number of para-hydroxylation sites is 1. The number of rotatable bonds is 4. The number of piperidine rings is 1. The molecule has 0 radical (unpaired) electrons. The highest BCUT2D eigenvalue weighted by Crippen LogP contribution is 2.43. The van der Waals surface area contributed by atoms with Crippen LogP contribution in [0.15, 0.2) is 24.3 Å². The molecule has 1 aromatic carbocycles. The number of likely N-dealkylation sites (N-methyl/N-ethyl adjacent to an activating group) is 1. The average Bonchev–Trinajstić information content (AvgIpc) is 2.50. The first-order valence-electron chi connectivity index (χ1n) is 8.43. The summed E-state index contributed by atoms with van der Waals surface area (Å²) in [5.74, 6) is 1.08. The Labute approximate surface area is 134 Å². The number of benzene rings is 1. The lowest BCUT2D eigenvalue weighted by Crippen LogP contribution is -2.51. The van der Waals surface area contributed by atoms with Gasteiger partial charge in [0.2, 0.25) is 0 Å². The van der Waals surface area contributed by atoms with Crippen molar-refractivity contribution in [3.63, 3.8) is 0 Å². The van der Waals surface area contributed by atoms with Crippen LogP contribution in [0.3, 0.4) is 0 Å². The fraction of sp³-hybridized carbons (Fsp3) is 0.667. The van der Waals surface area contributed by atoms with Crippen LogP contribution in [0.25, 0.3) is 0 Å². The van der Waals surface area contributed by atoms with E-state index in [1.165, 1.54) is 5.56 Å². The summed E-state index contributed by atoms with van der Waals surface area (Å²) in [5.41, 5.74) is 1.35. The number of likely N-dealkylation sites (tertiary alicyclic amines) is 1. The van der Waals surface area contributed by atoms with E-state index >= 15 is 0 Å². The van der Waals surface area contributed by atoms with Crippen LogP contribution in [0.2, 0.25) is 0 Å². The van der Waals surface area contributed by atoms with Gasteiger partial charge in [-0.15, -0.1) is 0 Å². The maximum atomic E-state index is 6.49. The van der Waals surface area contributed by atoms with E-state index in [4.69, 9.17) is 4.74 Å². The topological polar surface area (TPSA) is 27.7 Å². The minimum atomic E-state index is 0.0245. The lowest BCUT2D eigenvalue weighted by molar-refractivity contribution is -0.0203. The second-order valence-electron chi connectivity index (χ2n) is 7.14. The van der Waals surface area contributed by atoms with E-state index in [2.05, 4.69) is 60.5 Å². The van der Waals surface area contributed by atoms with Gasteiger partial charge in [0.05, 0.1) is 0 Å². The SMILES string of the molecule is CN(C)CCNC1CC2(CCN(C)CC2)Oc2ccccc21. The molecule has 1 atom stereocenters. The fourth-order valence-corrected chi connectivity index (χ4v) is 3.59. The molecule has 22 heavy (non-hydrogen) atoms. The average molecular weight is 303 g/mol. The third-order valence-corrected chi connectivity index (χ3v) is 5.05. The minimum Gasteiger partial charge on any atom is -0.487 e. The maximum Gasteiger partial charge on any atom is 0.124 e. The summed E-state index contributed by atoms with van der Waals surface area (Å²) in [5, 5.41) is 3.76. The van der Waals surface area contributed by atoms with Crippen molar-refractivity contribution >= 4 is 0 Å². The van der Waals surface area contributed by atoms with Crippen LogP contribution in [0.5, 0.6) is 5.75 Å². The van der Waals surface area contributed by atoms with Crippen molar-refractivity contribution in [1.82, 2.24) is 15.1 Å². The van der Waals surface area contributed by atoms with Gasteiger partial charge in [0.1, 0.15) is 11.4 Å². The van der Waals surface area contributed by atoms with Gasteiger partial charge in [-0.3, -0.25) is 0 Å². The van der Waals surface area contributed by atoms with E-state index in [1.54, 1.807) is 0 Å². The molecule has 1 unspecified atom stereocenters. The van der Waals surface area contributed by atoms with Crippen LogP contribution in [-0.4, -0.2) is 62.7 Å². The predicted octanol–water partition coefficient (Wildman–Crippen LogP) is 2.13. The van der Waals surface area contributed by atoms with Gasteiger partial charge in [0.15, 0.2) is 0 Å². The number of nitrogens with one attached hydrogen (secondary N) is 1. The van der Waals surface area contributed by atoms with Gasteiger partial charge < -0.3 is 19.9 Å². The summed E-state index contributed by atoms with van der Waals surface area (Å²) in [6.07, 6.45) is 3.35. The molecule has 2 heterocycles. The Hall–Kier alpha value is -1.10. The monoisotopic (exact) mass is 303 g/mol. The first-order chi connectivity index (χ1) is 10.6. The zero-order valence-electron chi connectivity index (χ0n) is 14.1. The van der Waals surface area contributed by atoms with Crippen LogP contribution in [0.1, 0.15) is 30.9 Å². The molecule has 122 valence electrons. The summed E-state index contributed by atoms with van der Waals surface area (Å²) >= 11 is 0. The highest BCUT2D eigenvalue weighted by molar-refractivity contribution is 5.39. The van der Waals surface area contributed by atoms with Gasteiger partial charge in [-0.1, -0.05) is 18.2 Å². The first kappa shape index (κ1) is 15.8. The smallest absolute Gasteiger partial charge is 0.124 e. The van der Waals surface area contributed by atoms with Crippen molar-refractivity contribution in [1.29, 1.82) is 0 Å². The Bertz CT molecular complexity index is 495. The Morgan fingerprint density at radius 1 is 1.27 bits per heavy atom. The first-order valence-corrected chi connectivity index (χ1v) is 8.43. The van der Waals surface area contributed by atoms with Gasteiger partial charge in [0.25, 0.3) is 0 Å². The van der Waals surface area contributed by atoms with E-state index in [-0.39, 0.29) is 5.60 Å². The van der Waals surface area contributed by atoms with Gasteiger partial charge in [-0.05, 0) is 40.1 Å². The van der Waals surface area contributed by atoms with Gasteiger partial charge in [0, 0.05) is 44.2 Å². The summed E-state index contributed by atoms with van der Waals surface area (Å²) in [7, 11) is 6.45.